The number of hydrogen-bond acceptors (Lipinski definition) is 3. The highest BCUT2D eigenvalue weighted by atomic mass is 79.9. The molecule has 5 aromatic carbocycles. The number of halogens is 1. The molecule has 0 amide bonds. The fraction of sp³-hybridized carbons (Fsp3) is 0.286. The van der Waals surface area contributed by atoms with Gasteiger partial charge in [0, 0.05) is 45.0 Å². The molecule has 3 nitrogen and oxygen atoms in total. The lowest BCUT2D eigenvalue weighted by molar-refractivity contribution is 0.340. The number of rotatable bonds is 9. The number of benzene rings is 5. The molecule has 2 aliphatic rings. The Morgan fingerprint density at radius 1 is 0.370 bits per heavy atom. The first-order chi connectivity index (χ1) is 22.7. The van der Waals surface area contributed by atoms with Crippen molar-refractivity contribution in [3.63, 3.8) is 0 Å². The lowest BCUT2D eigenvalue weighted by Gasteiger charge is -2.44. The Morgan fingerprint density at radius 3 is 1.20 bits per heavy atom. The van der Waals surface area contributed by atoms with Crippen LogP contribution in [0.2, 0.25) is 0 Å². The summed E-state index contributed by atoms with van der Waals surface area (Å²) < 4.78 is 1.07. The van der Waals surface area contributed by atoms with Crippen molar-refractivity contribution >= 4 is 55.7 Å². The van der Waals surface area contributed by atoms with Crippen molar-refractivity contribution < 1.29 is 0 Å². The van der Waals surface area contributed by atoms with Crippen molar-refractivity contribution in [2.24, 2.45) is 0 Å². The van der Waals surface area contributed by atoms with Gasteiger partial charge in [-0.05, 0) is 98.5 Å². The van der Waals surface area contributed by atoms with Gasteiger partial charge in [0.05, 0.1) is 11.4 Å². The summed E-state index contributed by atoms with van der Waals surface area (Å²) in [5, 5.41) is 0. The van der Waals surface area contributed by atoms with Gasteiger partial charge in [0.15, 0.2) is 0 Å². The molecule has 46 heavy (non-hydrogen) atoms. The minimum absolute atomic E-state index is 0.581. The monoisotopic (exact) mass is 669 g/mol. The summed E-state index contributed by atoms with van der Waals surface area (Å²) in [7, 11) is 0. The molecule has 0 aliphatic heterocycles. The van der Waals surface area contributed by atoms with E-state index in [2.05, 4.69) is 164 Å². The molecule has 2 fully saturated rings. The molecule has 0 unspecified atom stereocenters. The SMILES string of the molecule is Brc1cccc(N(c2ccccc2)c2cc(N(c3ccccc3)c3ccccc3)cc(N(C3CCCCC3)C3CCCCC3)c2)c1. The van der Waals surface area contributed by atoms with Gasteiger partial charge in [0.2, 0.25) is 0 Å². The minimum atomic E-state index is 0.581. The first-order valence-electron chi connectivity index (χ1n) is 17.2. The smallest absolute Gasteiger partial charge is 0.0503 e. The van der Waals surface area contributed by atoms with E-state index in [1.165, 1.54) is 81.3 Å². The number of anilines is 7. The molecule has 2 saturated carbocycles. The summed E-state index contributed by atoms with van der Waals surface area (Å²) in [5.74, 6) is 0. The maximum Gasteiger partial charge on any atom is 0.0503 e. The highest BCUT2D eigenvalue weighted by Gasteiger charge is 2.31. The van der Waals surface area contributed by atoms with E-state index < -0.39 is 0 Å². The number of para-hydroxylation sites is 3. The van der Waals surface area contributed by atoms with E-state index in [0.717, 1.165) is 27.2 Å². The summed E-state index contributed by atoms with van der Waals surface area (Å²) >= 11 is 3.77. The maximum absolute atomic E-state index is 3.77. The third kappa shape index (κ3) is 6.88. The van der Waals surface area contributed by atoms with Crippen LogP contribution < -0.4 is 14.7 Å². The third-order valence-corrected chi connectivity index (χ3v) is 10.2. The van der Waals surface area contributed by atoms with E-state index in [1.807, 2.05) is 0 Å². The zero-order chi connectivity index (χ0) is 31.1. The van der Waals surface area contributed by atoms with E-state index >= 15 is 0 Å². The van der Waals surface area contributed by atoms with E-state index in [9.17, 15) is 0 Å². The summed E-state index contributed by atoms with van der Waals surface area (Å²) in [5.41, 5.74) is 8.30. The first kappa shape index (κ1) is 30.6. The predicted molar refractivity (Wildman–Crippen MR) is 200 cm³/mol. The fourth-order valence-corrected chi connectivity index (χ4v) is 8.05. The van der Waals surface area contributed by atoms with Crippen LogP contribution in [0.4, 0.5) is 39.8 Å². The van der Waals surface area contributed by atoms with Crippen LogP contribution >= 0.6 is 15.9 Å². The summed E-state index contributed by atoms with van der Waals surface area (Å²) in [4.78, 5) is 7.73. The van der Waals surface area contributed by atoms with Crippen LogP contribution in [0.25, 0.3) is 0 Å². The standard InChI is InChI=1S/C42H44BrN3/c43-33-17-16-28-39(29-33)46(38-26-14-5-15-27-38)42-31-40(44(34-18-6-1-7-19-34)35-20-8-2-9-21-35)30-41(32-42)45(36-22-10-3-11-23-36)37-24-12-4-13-25-37/h1-2,5-9,14-21,26-32,36-37H,3-4,10-13,22-25H2. The number of hydrogen-bond donors (Lipinski definition) is 0. The molecule has 0 bridgehead atoms. The molecular formula is C42H44BrN3. The Balaban J connectivity index is 1.47. The average molecular weight is 671 g/mol. The molecule has 0 heterocycles. The van der Waals surface area contributed by atoms with Gasteiger partial charge in [-0.3, -0.25) is 0 Å². The van der Waals surface area contributed by atoms with Gasteiger partial charge in [-0.1, -0.05) is 115 Å². The van der Waals surface area contributed by atoms with Gasteiger partial charge in [-0.15, -0.1) is 0 Å². The molecule has 5 aromatic rings. The Kier molecular flexibility index (Phi) is 9.72. The van der Waals surface area contributed by atoms with Crippen molar-refractivity contribution in [2.45, 2.75) is 76.3 Å². The van der Waals surface area contributed by atoms with Crippen molar-refractivity contribution in [3.8, 4) is 0 Å². The average Bonchev–Trinajstić information content (AvgIpc) is 3.11. The topological polar surface area (TPSA) is 9.72 Å². The Hall–Kier alpha value is -4.02. The van der Waals surface area contributed by atoms with E-state index in [0.29, 0.717) is 12.1 Å². The van der Waals surface area contributed by atoms with Gasteiger partial charge in [0.25, 0.3) is 0 Å². The second kappa shape index (κ2) is 14.6. The van der Waals surface area contributed by atoms with Crippen LogP contribution in [0.1, 0.15) is 64.2 Å². The van der Waals surface area contributed by atoms with Crippen molar-refractivity contribution in [1.29, 1.82) is 0 Å². The molecule has 0 aromatic heterocycles. The Labute approximate surface area is 283 Å². The molecular weight excluding hydrogens is 626 g/mol. The normalized spacial score (nSPS) is 15.8. The van der Waals surface area contributed by atoms with E-state index in [1.54, 1.807) is 0 Å². The van der Waals surface area contributed by atoms with Crippen molar-refractivity contribution in [1.82, 2.24) is 0 Å². The largest absolute Gasteiger partial charge is 0.365 e. The van der Waals surface area contributed by atoms with Gasteiger partial charge in [0.1, 0.15) is 0 Å². The molecule has 0 saturated heterocycles. The molecule has 7 rings (SSSR count). The Bertz CT molecular complexity index is 1620. The van der Waals surface area contributed by atoms with Crippen LogP contribution in [0.3, 0.4) is 0 Å². The van der Waals surface area contributed by atoms with Crippen LogP contribution in [-0.2, 0) is 0 Å². The van der Waals surface area contributed by atoms with Crippen LogP contribution in [0.15, 0.2) is 138 Å². The fourth-order valence-electron chi connectivity index (χ4n) is 7.67. The molecule has 0 radical (unpaired) electrons. The zero-order valence-corrected chi connectivity index (χ0v) is 28.2. The summed E-state index contributed by atoms with van der Waals surface area (Å²) in [6, 6.07) is 49.7. The molecule has 2 aliphatic carbocycles. The highest BCUT2D eigenvalue weighted by Crippen LogP contribution is 2.45. The molecule has 4 heteroatoms. The highest BCUT2D eigenvalue weighted by molar-refractivity contribution is 9.10. The molecule has 234 valence electrons. The maximum atomic E-state index is 3.77. The van der Waals surface area contributed by atoms with E-state index in [-0.39, 0.29) is 0 Å². The van der Waals surface area contributed by atoms with Gasteiger partial charge >= 0.3 is 0 Å². The second-order valence-corrected chi connectivity index (χ2v) is 13.8. The molecule has 0 spiro atoms. The Morgan fingerprint density at radius 2 is 0.761 bits per heavy atom. The third-order valence-electron chi connectivity index (χ3n) is 9.75. The van der Waals surface area contributed by atoms with Crippen LogP contribution in [0.5, 0.6) is 0 Å². The summed E-state index contributed by atoms with van der Waals surface area (Å²) in [6.45, 7) is 0. The minimum Gasteiger partial charge on any atom is -0.365 e. The summed E-state index contributed by atoms with van der Waals surface area (Å²) in [6.07, 6.45) is 13.2. The van der Waals surface area contributed by atoms with Gasteiger partial charge in [-0.2, -0.15) is 0 Å². The molecule has 0 N–H and O–H groups in total. The van der Waals surface area contributed by atoms with E-state index in [4.69, 9.17) is 0 Å². The molecule has 0 atom stereocenters. The second-order valence-electron chi connectivity index (χ2n) is 12.9. The quantitative estimate of drug-likeness (QED) is 0.155. The number of nitrogens with zero attached hydrogens (tertiary/aromatic N) is 3. The van der Waals surface area contributed by atoms with Crippen LogP contribution in [-0.4, -0.2) is 12.1 Å². The van der Waals surface area contributed by atoms with Gasteiger partial charge < -0.3 is 14.7 Å². The predicted octanol–water partition coefficient (Wildman–Crippen LogP) is 12.9. The van der Waals surface area contributed by atoms with Crippen molar-refractivity contribution in [3.05, 3.63) is 138 Å². The van der Waals surface area contributed by atoms with Gasteiger partial charge in [-0.25, -0.2) is 0 Å². The first-order valence-corrected chi connectivity index (χ1v) is 18.0. The van der Waals surface area contributed by atoms with Crippen molar-refractivity contribution in [2.75, 3.05) is 14.7 Å². The zero-order valence-electron chi connectivity index (χ0n) is 26.6. The lowest BCUT2D eigenvalue weighted by atomic mass is 9.88. The van der Waals surface area contributed by atoms with Crippen LogP contribution in [0, 0.1) is 0 Å². The lowest BCUT2D eigenvalue weighted by Crippen LogP contribution is -2.45.